The molecule has 0 aromatic heterocycles. The zero-order chi connectivity index (χ0) is 15.1. The van der Waals surface area contributed by atoms with E-state index in [0.29, 0.717) is 0 Å². The fourth-order valence-corrected chi connectivity index (χ4v) is 3.97. The number of methoxy groups -OCH3 is 4. The molecule has 0 aliphatic rings. The van der Waals surface area contributed by atoms with Crippen LogP contribution >= 0.6 is 0 Å². The molecule has 0 N–H and O–H groups in total. The van der Waals surface area contributed by atoms with E-state index in [1.807, 2.05) is 0 Å². The van der Waals surface area contributed by atoms with E-state index >= 15 is 0 Å². The smallest absolute Gasteiger partial charge is 0.136 e. The second-order valence-electron chi connectivity index (χ2n) is 4.64. The predicted molar refractivity (Wildman–Crippen MR) is 84.4 cm³/mol. The molecule has 0 amide bonds. The van der Waals surface area contributed by atoms with Gasteiger partial charge in [-0.15, -0.1) is 0 Å². The molecule has 0 saturated heterocycles. The number of hydrogen-bond donors (Lipinski definition) is 0. The van der Waals surface area contributed by atoms with Crippen LogP contribution in [-0.4, -0.2) is 59.3 Å². The van der Waals surface area contributed by atoms with E-state index in [4.69, 9.17) is 18.9 Å². The first kappa shape index (κ1) is 20.3. The van der Waals surface area contributed by atoms with Gasteiger partial charge >= 0.3 is 0 Å². The molecule has 20 heavy (non-hydrogen) atoms. The molecule has 4 nitrogen and oxygen atoms in total. The van der Waals surface area contributed by atoms with Gasteiger partial charge < -0.3 is 18.9 Å². The van der Waals surface area contributed by atoms with Crippen molar-refractivity contribution in [3.8, 4) is 0 Å². The Morgan fingerprint density at radius 3 is 1.15 bits per heavy atom. The Bertz CT molecular complexity index is 168. The maximum Gasteiger partial charge on any atom is 0.136 e. The molecule has 0 heterocycles. The van der Waals surface area contributed by atoms with Crippen molar-refractivity contribution in [2.75, 3.05) is 28.4 Å². The summed E-state index contributed by atoms with van der Waals surface area (Å²) in [6.45, 7) is 0. The average Bonchev–Trinajstić information content (AvgIpc) is 2.49. The number of rotatable bonds is 15. The first-order valence-electron chi connectivity index (χ1n) is 7.36. The molecule has 0 saturated carbocycles. The summed E-state index contributed by atoms with van der Waals surface area (Å²) >= 11 is 0. The maximum atomic E-state index is 5.18. The van der Waals surface area contributed by atoms with Crippen LogP contribution in [0.25, 0.3) is 0 Å². The molecule has 0 spiro atoms. The SMILES string of the molecule is COC(OC)[Si]CCCCCCCC[Si]C(OC)OC. The summed E-state index contributed by atoms with van der Waals surface area (Å²) < 4.78 is 20.7. The molecule has 118 valence electrons. The molecule has 0 unspecified atom stereocenters. The van der Waals surface area contributed by atoms with Crippen LogP contribution in [0.1, 0.15) is 38.5 Å². The number of ether oxygens (including phenoxy) is 4. The Balaban J connectivity index is 3.17. The minimum absolute atomic E-state index is 0.00510. The quantitative estimate of drug-likeness (QED) is 0.264. The van der Waals surface area contributed by atoms with Crippen molar-refractivity contribution in [3.63, 3.8) is 0 Å². The Morgan fingerprint density at radius 1 is 0.550 bits per heavy atom. The lowest BCUT2D eigenvalue weighted by Crippen LogP contribution is -2.20. The fourth-order valence-electron chi connectivity index (χ4n) is 1.92. The summed E-state index contributed by atoms with van der Waals surface area (Å²) in [5.41, 5.74) is 0. The standard InChI is InChI=1S/C14H30O4Si2/c1-15-13(16-2)19-11-9-7-5-6-8-10-12-20-14(17-3)18-4/h13-14H,5-12H2,1-4H3. The zero-order valence-corrected chi connectivity index (χ0v) is 15.4. The average molecular weight is 319 g/mol. The van der Waals surface area contributed by atoms with E-state index in [1.165, 1.54) is 50.6 Å². The highest BCUT2D eigenvalue weighted by molar-refractivity contribution is 6.36. The molecule has 0 bridgehead atoms. The number of unbranched alkanes of at least 4 members (excludes halogenated alkanes) is 5. The van der Waals surface area contributed by atoms with Crippen molar-refractivity contribution < 1.29 is 18.9 Å². The van der Waals surface area contributed by atoms with E-state index in [2.05, 4.69) is 0 Å². The monoisotopic (exact) mass is 318 g/mol. The van der Waals surface area contributed by atoms with Gasteiger partial charge in [0.1, 0.15) is 30.9 Å². The van der Waals surface area contributed by atoms with E-state index in [0.717, 1.165) is 19.0 Å². The van der Waals surface area contributed by atoms with Crippen LogP contribution in [0.3, 0.4) is 0 Å². The topological polar surface area (TPSA) is 36.9 Å². The molecular formula is C14H30O4Si2. The molecule has 0 atom stereocenters. The van der Waals surface area contributed by atoms with Gasteiger partial charge in [-0.1, -0.05) is 50.6 Å². The van der Waals surface area contributed by atoms with Gasteiger partial charge in [-0.3, -0.25) is 0 Å². The van der Waals surface area contributed by atoms with Gasteiger partial charge in [-0.25, -0.2) is 0 Å². The lowest BCUT2D eigenvalue weighted by molar-refractivity contribution is -0.0442. The minimum Gasteiger partial charge on any atom is -0.360 e. The van der Waals surface area contributed by atoms with Crippen molar-refractivity contribution in [3.05, 3.63) is 0 Å². The molecular weight excluding hydrogens is 288 g/mol. The van der Waals surface area contributed by atoms with Crippen molar-refractivity contribution in [2.45, 2.75) is 62.4 Å². The molecule has 0 aliphatic heterocycles. The molecule has 0 fully saturated rings. The predicted octanol–water partition coefficient (Wildman–Crippen LogP) is 2.72. The Kier molecular flexibility index (Phi) is 15.9. The molecule has 0 rings (SSSR count). The summed E-state index contributed by atoms with van der Waals surface area (Å²) in [7, 11) is 8.35. The van der Waals surface area contributed by atoms with E-state index in [1.54, 1.807) is 28.4 Å². The van der Waals surface area contributed by atoms with E-state index in [-0.39, 0.29) is 11.8 Å². The third-order valence-corrected chi connectivity index (χ3v) is 5.98. The normalized spacial score (nSPS) is 11.7. The largest absolute Gasteiger partial charge is 0.360 e. The maximum absolute atomic E-state index is 5.18. The Labute approximate surface area is 129 Å². The van der Waals surface area contributed by atoms with Crippen molar-refractivity contribution in [2.24, 2.45) is 0 Å². The third kappa shape index (κ3) is 12.0. The van der Waals surface area contributed by atoms with Crippen LogP contribution < -0.4 is 0 Å². The lowest BCUT2D eigenvalue weighted by Gasteiger charge is -2.12. The first-order chi connectivity index (χ1) is 9.78. The Hall–Kier alpha value is 0.274. The molecule has 6 heteroatoms. The van der Waals surface area contributed by atoms with Crippen LogP contribution in [0.2, 0.25) is 12.1 Å². The van der Waals surface area contributed by atoms with Gasteiger partial charge in [0.25, 0.3) is 0 Å². The second kappa shape index (κ2) is 15.7. The van der Waals surface area contributed by atoms with Gasteiger partial charge in [0.2, 0.25) is 0 Å². The van der Waals surface area contributed by atoms with Gasteiger partial charge in [-0.2, -0.15) is 0 Å². The molecule has 0 aromatic carbocycles. The highest BCUT2D eigenvalue weighted by Gasteiger charge is 2.06. The van der Waals surface area contributed by atoms with Gasteiger partial charge in [0.05, 0.1) is 0 Å². The van der Waals surface area contributed by atoms with Crippen LogP contribution in [0.5, 0.6) is 0 Å². The summed E-state index contributed by atoms with van der Waals surface area (Å²) in [5, 5.41) is 0. The first-order valence-corrected chi connectivity index (χ1v) is 9.93. The fraction of sp³-hybridized carbons (Fsp3) is 1.00. The van der Waals surface area contributed by atoms with Crippen molar-refractivity contribution in [1.82, 2.24) is 0 Å². The summed E-state index contributed by atoms with van der Waals surface area (Å²) in [4.78, 5) is 0. The van der Waals surface area contributed by atoms with Crippen LogP contribution in [0.4, 0.5) is 0 Å². The lowest BCUT2D eigenvalue weighted by atomic mass is 10.1. The van der Waals surface area contributed by atoms with Gasteiger partial charge in [-0.05, 0) is 0 Å². The third-order valence-electron chi connectivity index (χ3n) is 3.08. The van der Waals surface area contributed by atoms with Gasteiger partial charge in [0.15, 0.2) is 0 Å². The Morgan fingerprint density at radius 2 is 0.850 bits per heavy atom. The summed E-state index contributed by atoms with van der Waals surface area (Å²) in [6.07, 6.45) is 7.92. The highest BCUT2D eigenvalue weighted by atomic mass is 28.2. The van der Waals surface area contributed by atoms with Crippen LogP contribution in [0, 0.1) is 0 Å². The molecule has 0 aromatic rings. The molecule has 4 radical (unpaired) electrons. The van der Waals surface area contributed by atoms with Crippen LogP contribution in [0.15, 0.2) is 0 Å². The summed E-state index contributed by atoms with van der Waals surface area (Å²) in [6, 6.07) is 2.44. The number of hydrogen-bond acceptors (Lipinski definition) is 4. The minimum atomic E-state index is 0.00510. The second-order valence-corrected chi connectivity index (χ2v) is 7.40. The van der Waals surface area contributed by atoms with E-state index < -0.39 is 0 Å². The van der Waals surface area contributed by atoms with Crippen LogP contribution in [-0.2, 0) is 18.9 Å². The van der Waals surface area contributed by atoms with Crippen molar-refractivity contribution >= 4 is 19.0 Å². The summed E-state index contributed by atoms with van der Waals surface area (Å²) in [5.74, 6) is 0.0102. The van der Waals surface area contributed by atoms with Crippen molar-refractivity contribution in [1.29, 1.82) is 0 Å². The molecule has 0 aliphatic carbocycles. The van der Waals surface area contributed by atoms with Gasteiger partial charge in [0, 0.05) is 28.4 Å². The van der Waals surface area contributed by atoms with E-state index in [9.17, 15) is 0 Å². The zero-order valence-electron chi connectivity index (χ0n) is 13.4. The highest BCUT2D eigenvalue weighted by Crippen LogP contribution is 2.10.